The summed E-state index contributed by atoms with van der Waals surface area (Å²) in [6.45, 7) is 2.54. The molecule has 3 N–H and O–H groups in total. The molecule has 2 aliphatic rings. The van der Waals surface area contributed by atoms with Crippen molar-refractivity contribution in [2.75, 3.05) is 18.8 Å². The Kier molecular flexibility index (Phi) is 6.30. The maximum absolute atomic E-state index is 12.9. The van der Waals surface area contributed by atoms with Gasteiger partial charge in [0.05, 0.1) is 23.1 Å². The number of nitrogens with one attached hydrogen (secondary N) is 1. The minimum Gasteiger partial charge on any atom is -0.383 e. The largest absolute Gasteiger partial charge is 0.383 e. The molecule has 10 heteroatoms. The van der Waals surface area contributed by atoms with E-state index in [1.54, 1.807) is 17.3 Å². The third kappa shape index (κ3) is 4.52. The van der Waals surface area contributed by atoms with Crippen LogP contribution in [0.5, 0.6) is 0 Å². The highest BCUT2D eigenvalue weighted by Gasteiger charge is 2.34. The second-order valence-corrected chi connectivity index (χ2v) is 10.2. The van der Waals surface area contributed by atoms with Crippen LogP contribution >= 0.6 is 0 Å². The lowest BCUT2D eigenvalue weighted by molar-refractivity contribution is -0.135. The van der Waals surface area contributed by atoms with Gasteiger partial charge < -0.3 is 16.0 Å². The number of amides is 2. The number of carbonyl (C=O) groups excluding carboxylic acids is 3. The third-order valence-corrected chi connectivity index (χ3v) is 7.69. The van der Waals surface area contributed by atoms with Crippen molar-refractivity contribution in [3.8, 4) is 22.4 Å². The van der Waals surface area contributed by atoms with Crippen LogP contribution < -0.4 is 11.1 Å². The SMILES string of the molecule is CC(=O)c1c(C2CCN(C(=O)[C@H]3CCC(=O)N3)CC2)nc2c(-c3ccc(-c4ccccc4)nc3)cnn2c1N. The number of benzene rings is 1. The lowest BCUT2D eigenvalue weighted by Gasteiger charge is -2.34. The van der Waals surface area contributed by atoms with Gasteiger partial charge in [-0.1, -0.05) is 36.4 Å². The quantitative estimate of drug-likeness (QED) is 0.383. The minimum absolute atomic E-state index is 0.0419. The van der Waals surface area contributed by atoms with E-state index in [-0.39, 0.29) is 29.3 Å². The van der Waals surface area contributed by atoms with E-state index in [2.05, 4.69) is 15.4 Å². The Morgan fingerprint density at radius 1 is 1.00 bits per heavy atom. The summed E-state index contributed by atoms with van der Waals surface area (Å²) in [6.07, 6.45) is 5.70. The standard InChI is InChI=1S/C29H29N7O3/c1-17(37)25-26(19-11-13-35(14-12-19)29(39)23-9-10-24(38)33-23)34-28-21(16-32-36(28)27(25)30)20-7-8-22(31-15-20)18-5-3-2-4-6-18/h2-8,15-16,19,23H,9-14,30H2,1H3,(H,33,38)/t23-/m1/s1. The van der Waals surface area contributed by atoms with Crippen LogP contribution in [0.3, 0.4) is 0 Å². The average molecular weight is 524 g/mol. The zero-order valence-electron chi connectivity index (χ0n) is 21.6. The van der Waals surface area contributed by atoms with E-state index in [1.165, 1.54) is 11.4 Å². The van der Waals surface area contributed by atoms with Gasteiger partial charge in [-0.25, -0.2) is 4.98 Å². The molecule has 0 unspecified atom stereocenters. The van der Waals surface area contributed by atoms with Crippen molar-refractivity contribution in [2.45, 2.75) is 44.6 Å². The Bertz CT molecular complexity index is 1570. The number of nitrogen functional groups attached to an aromatic ring is 1. The number of hydrogen-bond donors (Lipinski definition) is 2. The van der Waals surface area contributed by atoms with Gasteiger partial charge in [-0.15, -0.1) is 0 Å². The number of rotatable bonds is 5. The van der Waals surface area contributed by atoms with Crippen LogP contribution in [0.15, 0.2) is 54.9 Å². The molecule has 5 heterocycles. The highest BCUT2D eigenvalue weighted by Crippen LogP contribution is 2.35. The van der Waals surface area contributed by atoms with Gasteiger partial charge in [0, 0.05) is 48.3 Å². The van der Waals surface area contributed by atoms with E-state index < -0.39 is 6.04 Å². The van der Waals surface area contributed by atoms with Gasteiger partial charge in [-0.2, -0.15) is 9.61 Å². The molecule has 2 amide bonds. The number of nitrogens with zero attached hydrogens (tertiary/aromatic N) is 5. The van der Waals surface area contributed by atoms with Crippen LogP contribution in [0.25, 0.3) is 28.0 Å². The Morgan fingerprint density at radius 2 is 1.77 bits per heavy atom. The molecular weight excluding hydrogens is 494 g/mol. The number of fused-ring (bicyclic) bond motifs is 1. The van der Waals surface area contributed by atoms with Crippen molar-refractivity contribution in [3.63, 3.8) is 0 Å². The van der Waals surface area contributed by atoms with Gasteiger partial charge in [-0.05, 0) is 32.3 Å². The summed E-state index contributed by atoms with van der Waals surface area (Å²) >= 11 is 0. The number of likely N-dealkylation sites (tertiary alicyclic amines) is 1. The molecule has 2 aliphatic heterocycles. The van der Waals surface area contributed by atoms with Crippen molar-refractivity contribution in [3.05, 3.63) is 66.1 Å². The molecule has 0 radical (unpaired) electrons. The molecule has 2 saturated heterocycles. The fourth-order valence-corrected chi connectivity index (χ4v) is 5.62. The van der Waals surface area contributed by atoms with Crippen molar-refractivity contribution in [1.82, 2.24) is 29.8 Å². The van der Waals surface area contributed by atoms with Crippen molar-refractivity contribution < 1.29 is 14.4 Å². The molecule has 0 bridgehead atoms. The number of anilines is 1. The third-order valence-electron chi connectivity index (χ3n) is 7.69. The van der Waals surface area contributed by atoms with E-state index in [0.29, 0.717) is 55.7 Å². The summed E-state index contributed by atoms with van der Waals surface area (Å²) in [5.41, 5.74) is 11.6. The van der Waals surface area contributed by atoms with E-state index in [0.717, 1.165) is 22.4 Å². The summed E-state index contributed by atoms with van der Waals surface area (Å²) in [4.78, 5) is 48.6. The molecule has 1 aromatic carbocycles. The zero-order chi connectivity index (χ0) is 27.1. The van der Waals surface area contributed by atoms with E-state index in [9.17, 15) is 14.4 Å². The predicted octanol–water partition coefficient (Wildman–Crippen LogP) is 3.23. The molecular formula is C29H29N7O3. The minimum atomic E-state index is -0.441. The molecule has 0 aliphatic carbocycles. The number of hydrogen-bond acceptors (Lipinski definition) is 7. The summed E-state index contributed by atoms with van der Waals surface area (Å²) in [5.74, 6) is -0.0769. The monoisotopic (exact) mass is 523 g/mol. The first kappa shape index (κ1) is 24.7. The maximum Gasteiger partial charge on any atom is 0.245 e. The first-order valence-electron chi connectivity index (χ1n) is 13.2. The molecule has 4 aromatic rings. The van der Waals surface area contributed by atoms with Crippen molar-refractivity contribution in [2.24, 2.45) is 0 Å². The highest BCUT2D eigenvalue weighted by atomic mass is 16.2. The Morgan fingerprint density at radius 3 is 2.41 bits per heavy atom. The number of piperidine rings is 1. The van der Waals surface area contributed by atoms with Gasteiger partial charge in [0.2, 0.25) is 11.8 Å². The molecule has 198 valence electrons. The smallest absolute Gasteiger partial charge is 0.245 e. The summed E-state index contributed by atoms with van der Waals surface area (Å²) in [6, 6.07) is 13.4. The lowest BCUT2D eigenvalue weighted by Crippen LogP contribution is -2.47. The molecule has 6 rings (SSSR count). The van der Waals surface area contributed by atoms with Gasteiger partial charge >= 0.3 is 0 Å². The number of carbonyl (C=O) groups is 3. The number of ketones is 1. The number of nitrogens with two attached hydrogens (primary N) is 1. The van der Waals surface area contributed by atoms with Crippen LogP contribution in [0, 0.1) is 0 Å². The number of aromatic nitrogens is 4. The highest BCUT2D eigenvalue weighted by molar-refractivity contribution is 6.00. The molecule has 0 saturated carbocycles. The van der Waals surface area contributed by atoms with Crippen LogP contribution in [0.1, 0.15) is 54.6 Å². The van der Waals surface area contributed by atoms with E-state index >= 15 is 0 Å². The van der Waals surface area contributed by atoms with E-state index in [4.69, 9.17) is 10.7 Å². The fourth-order valence-electron chi connectivity index (χ4n) is 5.62. The molecule has 39 heavy (non-hydrogen) atoms. The summed E-state index contributed by atoms with van der Waals surface area (Å²) in [7, 11) is 0. The molecule has 3 aromatic heterocycles. The first-order chi connectivity index (χ1) is 18.9. The van der Waals surface area contributed by atoms with Crippen molar-refractivity contribution in [1.29, 1.82) is 0 Å². The molecule has 0 spiro atoms. The lowest BCUT2D eigenvalue weighted by atomic mass is 9.89. The number of pyridine rings is 1. The predicted molar refractivity (Wildman–Crippen MR) is 146 cm³/mol. The van der Waals surface area contributed by atoms with Gasteiger partial charge in [-0.3, -0.25) is 19.4 Å². The maximum atomic E-state index is 12.9. The van der Waals surface area contributed by atoms with Gasteiger partial charge in [0.25, 0.3) is 0 Å². The second-order valence-electron chi connectivity index (χ2n) is 10.2. The summed E-state index contributed by atoms with van der Waals surface area (Å²) in [5, 5.41) is 7.21. The topological polar surface area (TPSA) is 136 Å². The van der Waals surface area contributed by atoms with Gasteiger partial charge in [0.15, 0.2) is 11.4 Å². The van der Waals surface area contributed by atoms with Crippen LogP contribution in [0.2, 0.25) is 0 Å². The van der Waals surface area contributed by atoms with E-state index in [1.807, 2.05) is 42.5 Å². The number of Topliss-reactive ketones (excluding diaryl/α,β-unsaturated/α-hetero) is 1. The van der Waals surface area contributed by atoms with Gasteiger partial charge in [0.1, 0.15) is 11.9 Å². The van der Waals surface area contributed by atoms with Crippen LogP contribution in [0.4, 0.5) is 5.82 Å². The Balaban J connectivity index is 1.30. The molecule has 1 atom stereocenters. The Labute approximate surface area is 225 Å². The summed E-state index contributed by atoms with van der Waals surface area (Å²) < 4.78 is 1.52. The zero-order valence-corrected chi connectivity index (χ0v) is 21.6. The van der Waals surface area contributed by atoms with Crippen molar-refractivity contribution >= 4 is 29.1 Å². The fraction of sp³-hybridized carbons (Fsp3) is 0.310. The normalized spacial score (nSPS) is 17.9. The molecule has 2 fully saturated rings. The Hall–Kier alpha value is -4.60. The second kappa shape index (κ2) is 9.94. The molecule has 10 nitrogen and oxygen atoms in total. The first-order valence-corrected chi connectivity index (χ1v) is 13.2. The van der Waals surface area contributed by atoms with Crippen LogP contribution in [-0.4, -0.2) is 61.2 Å². The average Bonchev–Trinajstić information content (AvgIpc) is 3.59. The van der Waals surface area contributed by atoms with Crippen LogP contribution in [-0.2, 0) is 9.59 Å².